The van der Waals surface area contributed by atoms with Gasteiger partial charge in [-0.05, 0) is 71.2 Å². The summed E-state index contributed by atoms with van der Waals surface area (Å²) in [5.74, 6) is -0.0265. The van der Waals surface area contributed by atoms with Gasteiger partial charge in [-0.25, -0.2) is 4.39 Å². The molecule has 0 aliphatic carbocycles. The number of furan rings is 1. The summed E-state index contributed by atoms with van der Waals surface area (Å²) in [6, 6.07) is 12.3. The van der Waals surface area contributed by atoms with E-state index in [2.05, 4.69) is 31.9 Å². The Kier molecular flexibility index (Phi) is 3.69. The fraction of sp³-hybridized carbons (Fsp3) is 0.250. The first-order valence-electron chi connectivity index (χ1n) is 8.86. The van der Waals surface area contributed by atoms with Crippen molar-refractivity contribution >= 4 is 27.5 Å². The molecule has 0 saturated carbocycles. The Labute approximate surface area is 163 Å². The second-order valence-electron chi connectivity index (χ2n) is 7.03. The van der Waals surface area contributed by atoms with Crippen LogP contribution in [0.1, 0.15) is 29.1 Å². The third-order valence-corrected chi connectivity index (χ3v) is 5.95. The molecule has 7 heteroatoms. The number of nitrogens with one attached hydrogen (secondary N) is 1. The minimum atomic E-state index is -0.315. The van der Waals surface area contributed by atoms with E-state index in [1.807, 2.05) is 17.2 Å². The molecule has 0 atom stereocenters. The van der Waals surface area contributed by atoms with Crippen molar-refractivity contribution in [2.24, 2.45) is 0 Å². The molecule has 3 aromatic rings. The van der Waals surface area contributed by atoms with E-state index >= 15 is 0 Å². The van der Waals surface area contributed by atoms with Gasteiger partial charge in [0.05, 0.1) is 16.9 Å². The van der Waals surface area contributed by atoms with Crippen LogP contribution >= 0.6 is 15.9 Å². The van der Waals surface area contributed by atoms with E-state index in [0.29, 0.717) is 23.5 Å². The second kappa shape index (κ2) is 5.99. The van der Waals surface area contributed by atoms with Crippen LogP contribution in [0, 0.1) is 5.82 Å². The summed E-state index contributed by atoms with van der Waals surface area (Å²) in [5.41, 5.74) is 2.56. The fourth-order valence-electron chi connectivity index (χ4n) is 4.18. The van der Waals surface area contributed by atoms with Gasteiger partial charge in [-0.3, -0.25) is 4.79 Å². The molecule has 1 fully saturated rings. The molecule has 0 bridgehead atoms. The highest BCUT2D eigenvalue weighted by molar-refractivity contribution is 9.10. The van der Waals surface area contributed by atoms with Crippen molar-refractivity contribution in [1.82, 2.24) is 9.47 Å². The van der Waals surface area contributed by atoms with Crippen LogP contribution in [-0.2, 0) is 5.54 Å². The zero-order chi connectivity index (χ0) is 18.6. The van der Waals surface area contributed by atoms with Gasteiger partial charge >= 0.3 is 0 Å². The number of piperidine rings is 1. The molecule has 2 aliphatic heterocycles. The van der Waals surface area contributed by atoms with Crippen LogP contribution < -0.4 is 5.32 Å². The molecule has 27 heavy (non-hydrogen) atoms. The minimum Gasteiger partial charge on any atom is -0.444 e. The van der Waals surface area contributed by atoms with Crippen LogP contribution in [0.2, 0.25) is 0 Å². The van der Waals surface area contributed by atoms with Crippen LogP contribution in [0.4, 0.5) is 10.1 Å². The third-order valence-electron chi connectivity index (χ3n) is 5.52. The number of benzene rings is 1. The maximum absolute atomic E-state index is 13.8. The molecular weight excluding hydrogens is 413 g/mol. The fourth-order valence-corrected chi connectivity index (χ4v) is 4.49. The van der Waals surface area contributed by atoms with Gasteiger partial charge in [0.2, 0.25) is 0 Å². The summed E-state index contributed by atoms with van der Waals surface area (Å²) < 4.78 is 21.9. The van der Waals surface area contributed by atoms with E-state index in [1.165, 1.54) is 12.1 Å². The van der Waals surface area contributed by atoms with E-state index in [0.717, 1.165) is 29.9 Å². The van der Waals surface area contributed by atoms with Gasteiger partial charge in [-0.15, -0.1) is 0 Å². The number of aromatic nitrogens is 1. The Bertz CT molecular complexity index is 1030. The summed E-state index contributed by atoms with van der Waals surface area (Å²) in [4.78, 5) is 14.5. The van der Waals surface area contributed by atoms with Gasteiger partial charge in [0, 0.05) is 25.0 Å². The SMILES string of the molecule is O=C(c1ccc(Br)o1)N1CCC2(CC1)Nc1cc(F)ccc1-n1cccc12. The molecule has 2 aliphatic rings. The first kappa shape index (κ1) is 16.6. The van der Waals surface area contributed by atoms with Gasteiger partial charge in [0.25, 0.3) is 5.91 Å². The van der Waals surface area contributed by atoms with Crippen molar-refractivity contribution in [3.63, 3.8) is 0 Å². The average Bonchev–Trinajstić information content (AvgIpc) is 3.31. The normalized spacial score (nSPS) is 17.3. The number of rotatable bonds is 1. The number of nitrogens with zero attached hydrogens (tertiary/aromatic N) is 2. The number of hydrogen-bond acceptors (Lipinski definition) is 3. The zero-order valence-electron chi connectivity index (χ0n) is 14.4. The van der Waals surface area contributed by atoms with E-state index < -0.39 is 0 Å². The standard InChI is InChI=1S/C20H17BrFN3O2/c21-18-6-5-16(27-18)19(26)24-10-7-20(8-11-24)17-2-1-9-25(17)15-4-3-13(22)12-14(15)23-20/h1-6,9,12,23H,7-8,10-11H2. The zero-order valence-corrected chi connectivity index (χ0v) is 16.0. The highest BCUT2D eigenvalue weighted by Gasteiger charge is 2.42. The van der Waals surface area contributed by atoms with E-state index in [9.17, 15) is 9.18 Å². The molecular formula is C20H17BrFN3O2. The van der Waals surface area contributed by atoms with E-state index in [-0.39, 0.29) is 17.3 Å². The number of amides is 1. The summed E-state index contributed by atoms with van der Waals surface area (Å²) in [6.07, 6.45) is 3.48. The molecule has 5 rings (SSSR count). The van der Waals surface area contributed by atoms with Crippen LogP contribution in [0.15, 0.2) is 57.7 Å². The van der Waals surface area contributed by atoms with Gasteiger partial charge < -0.3 is 19.2 Å². The molecule has 2 aromatic heterocycles. The van der Waals surface area contributed by atoms with E-state index in [1.54, 1.807) is 18.2 Å². The Morgan fingerprint density at radius 1 is 1.19 bits per heavy atom. The molecule has 4 heterocycles. The monoisotopic (exact) mass is 429 g/mol. The van der Waals surface area contributed by atoms with Crippen molar-refractivity contribution in [1.29, 1.82) is 0 Å². The molecule has 0 radical (unpaired) electrons. The summed E-state index contributed by atoms with van der Waals surface area (Å²) in [5, 5.41) is 3.57. The second-order valence-corrected chi connectivity index (χ2v) is 7.81. The number of halogens is 2. The number of carbonyl (C=O) groups is 1. The van der Waals surface area contributed by atoms with Crippen LogP contribution in [0.5, 0.6) is 0 Å². The van der Waals surface area contributed by atoms with Crippen molar-refractivity contribution in [2.75, 3.05) is 18.4 Å². The first-order valence-corrected chi connectivity index (χ1v) is 9.66. The van der Waals surface area contributed by atoms with Gasteiger partial charge in [0.15, 0.2) is 10.4 Å². The van der Waals surface area contributed by atoms with Gasteiger partial charge in [-0.2, -0.15) is 0 Å². The minimum absolute atomic E-state index is 0.104. The molecule has 1 saturated heterocycles. The smallest absolute Gasteiger partial charge is 0.289 e. The maximum atomic E-state index is 13.8. The lowest BCUT2D eigenvalue weighted by molar-refractivity contribution is 0.0643. The predicted molar refractivity (Wildman–Crippen MR) is 103 cm³/mol. The number of hydrogen-bond donors (Lipinski definition) is 1. The van der Waals surface area contributed by atoms with Crippen molar-refractivity contribution in [3.05, 3.63) is 70.6 Å². The summed E-state index contributed by atoms with van der Waals surface area (Å²) in [6.45, 7) is 1.19. The highest BCUT2D eigenvalue weighted by atomic mass is 79.9. The van der Waals surface area contributed by atoms with E-state index in [4.69, 9.17) is 4.42 Å². The molecule has 1 aromatic carbocycles. The van der Waals surface area contributed by atoms with Crippen LogP contribution in [0.3, 0.4) is 0 Å². The van der Waals surface area contributed by atoms with Gasteiger partial charge in [-0.1, -0.05) is 0 Å². The molecule has 0 unspecified atom stereocenters. The maximum Gasteiger partial charge on any atom is 0.289 e. The number of anilines is 1. The Hall–Kier alpha value is -2.54. The quantitative estimate of drug-likeness (QED) is 0.618. The predicted octanol–water partition coefficient (Wildman–Crippen LogP) is 4.53. The summed E-state index contributed by atoms with van der Waals surface area (Å²) in [7, 11) is 0. The lowest BCUT2D eigenvalue weighted by atomic mass is 9.82. The third kappa shape index (κ3) is 2.60. The Balaban J connectivity index is 1.43. The van der Waals surface area contributed by atoms with Gasteiger partial charge in [0.1, 0.15) is 5.82 Å². The van der Waals surface area contributed by atoms with Crippen LogP contribution in [-0.4, -0.2) is 28.5 Å². The molecule has 5 nitrogen and oxygen atoms in total. The average molecular weight is 430 g/mol. The number of carbonyl (C=O) groups excluding carboxylic acids is 1. The number of likely N-dealkylation sites (tertiary alicyclic amines) is 1. The lowest BCUT2D eigenvalue weighted by Crippen LogP contribution is -2.51. The Morgan fingerprint density at radius 2 is 2.00 bits per heavy atom. The van der Waals surface area contributed by atoms with Crippen LogP contribution in [0.25, 0.3) is 5.69 Å². The highest BCUT2D eigenvalue weighted by Crippen LogP contribution is 2.43. The van der Waals surface area contributed by atoms with Crippen molar-refractivity contribution in [3.8, 4) is 5.69 Å². The summed E-state index contributed by atoms with van der Waals surface area (Å²) >= 11 is 3.24. The largest absolute Gasteiger partial charge is 0.444 e. The molecule has 1 spiro atoms. The Morgan fingerprint density at radius 3 is 2.74 bits per heavy atom. The lowest BCUT2D eigenvalue weighted by Gasteiger charge is -2.46. The topological polar surface area (TPSA) is 50.4 Å². The molecule has 1 N–H and O–H groups in total. The molecule has 138 valence electrons. The molecule has 1 amide bonds. The van der Waals surface area contributed by atoms with Crippen molar-refractivity contribution in [2.45, 2.75) is 18.4 Å². The number of fused-ring (bicyclic) bond motifs is 4. The first-order chi connectivity index (χ1) is 13.1. The van der Waals surface area contributed by atoms with Crippen molar-refractivity contribution < 1.29 is 13.6 Å².